The zero-order valence-corrected chi connectivity index (χ0v) is 5.13. The van der Waals surface area contributed by atoms with Gasteiger partial charge in [-0.3, -0.25) is 4.99 Å². The molecule has 0 aromatic rings. The van der Waals surface area contributed by atoms with E-state index in [0.717, 1.165) is 5.70 Å². The molecule has 0 heterocycles. The first-order valence-corrected chi connectivity index (χ1v) is 2.23. The minimum Gasteiger partial charge on any atom is -0.271 e. The van der Waals surface area contributed by atoms with Crippen LogP contribution in [0.4, 0.5) is 0 Å². The van der Waals surface area contributed by atoms with E-state index in [1.165, 1.54) is 0 Å². The zero-order valence-electron chi connectivity index (χ0n) is 5.13. The summed E-state index contributed by atoms with van der Waals surface area (Å²) in [5.74, 6) is 0. The second-order valence-corrected chi connectivity index (χ2v) is 1.25. The highest BCUT2D eigenvalue weighted by Gasteiger charge is 1.75. The van der Waals surface area contributed by atoms with Gasteiger partial charge in [-0.2, -0.15) is 10.2 Å². The van der Waals surface area contributed by atoms with Gasteiger partial charge in [0.2, 0.25) is 0 Å². The van der Waals surface area contributed by atoms with Crippen molar-refractivity contribution in [3.8, 4) is 0 Å². The van der Waals surface area contributed by atoms with Gasteiger partial charge in [-0.15, -0.1) is 0 Å². The fourth-order valence-electron chi connectivity index (χ4n) is 0.316. The Hall–Kier alpha value is -0.990. The van der Waals surface area contributed by atoms with E-state index >= 15 is 0 Å². The van der Waals surface area contributed by atoms with E-state index < -0.39 is 0 Å². The van der Waals surface area contributed by atoms with Crippen molar-refractivity contribution in [2.75, 3.05) is 7.05 Å². The summed E-state index contributed by atoms with van der Waals surface area (Å²) >= 11 is 0. The number of nitrogens with zero attached hydrogens (tertiary/aromatic N) is 3. The lowest BCUT2D eigenvalue weighted by Gasteiger charge is -1.80. The van der Waals surface area contributed by atoms with Crippen molar-refractivity contribution in [2.24, 2.45) is 15.2 Å². The van der Waals surface area contributed by atoms with Crippen molar-refractivity contribution < 1.29 is 0 Å². The molecule has 44 valence electrons. The molecular formula is C5H9N3. The van der Waals surface area contributed by atoms with Gasteiger partial charge >= 0.3 is 0 Å². The monoisotopic (exact) mass is 111 g/mol. The summed E-state index contributed by atoms with van der Waals surface area (Å²) in [5.41, 5.74) is 0.766. The quantitative estimate of drug-likeness (QED) is 0.383. The Morgan fingerprint density at radius 3 is 2.62 bits per heavy atom. The Morgan fingerprint density at radius 2 is 2.25 bits per heavy atom. The van der Waals surface area contributed by atoms with Crippen molar-refractivity contribution in [2.45, 2.75) is 6.92 Å². The third-order valence-electron chi connectivity index (χ3n) is 0.536. The van der Waals surface area contributed by atoms with Gasteiger partial charge < -0.3 is 0 Å². The molecule has 0 bridgehead atoms. The van der Waals surface area contributed by atoms with Gasteiger partial charge in [0, 0.05) is 13.2 Å². The van der Waals surface area contributed by atoms with Crippen LogP contribution in [0.3, 0.4) is 0 Å². The number of aliphatic imine (C=N–C) groups is 1. The molecule has 0 radical (unpaired) electrons. The number of azo groups is 1. The van der Waals surface area contributed by atoms with E-state index in [9.17, 15) is 0 Å². The molecule has 0 atom stereocenters. The van der Waals surface area contributed by atoms with Crippen LogP contribution in [0, 0.1) is 0 Å². The first-order valence-electron chi connectivity index (χ1n) is 2.23. The molecule has 3 nitrogen and oxygen atoms in total. The number of hydrogen-bond donors (Lipinski definition) is 0. The highest BCUT2D eigenvalue weighted by atomic mass is 15.1. The van der Waals surface area contributed by atoms with Gasteiger partial charge in [-0.25, -0.2) is 0 Å². The van der Waals surface area contributed by atoms with Crippen molar-refractivity contribution in [3.63, 3.8) is 0 Å². The molecular weight excluding hydrogens is 102 g/mol. The third-order valence-corrected chi connectivity index (χ3v) is 0.536. The number of rotatable bonds is 2. The lowest BCUT2D eigenvalue weighted by atomic mass is 10.6. The van der Waals surface area contributed by atoms with Crippen molar-refractivity contribution in [1.29, 1.82) is 0 Å². The van der Waals surface area contributed by atoms with E-state index in [2.05, 4.69) is 21.9 Å². The highest BCUT2D eigenvalue weighted by molar-refractivity contribution is 5.26. The normalized spacial score (nSPS) is 12.5. The van der Waals surface area contributed by atoms with Crippen molar-refractivity contribution in [1.82, 2.24) is 0 Å². The average molecular weight is 111 g/mol. The smallest absolute Gasteiger partial charge is 0.0777 e. The molecule has 0 aromatic carbocycles. The summed E-state index contributed by atoms with van der Waals surface area (Å²) in [7, 11) is 1.61. The summed E-state index contributed by atoms with van der Waals surface area (Å²) in [5, 5.41) is 7.19. The summed E-state index contributed by atoms with van der Waals surface area (Å²) < 4.78 is 0. The predicted molar refractivity (Wildman–Crippen MR) is 34.1 cm³/mol. The second-order valence-electron chi connectivity index (χ2n) is 1.25. The van der Waals surface area contributed by atoms with Crippen LogP contribution in [0.2, 0.25) is 0 Å². The summed E-state index contributed by atoms with van der Waals surface area (Å²) in [6.07, 6.45) is 1.55. The van der Waals surface area contributed by atoms with Crippen LogP contribution in [-0.4, -0.2) is 13.8 Å². The van der Waals surface area contributed by atoms with Crippen LogP contribution < -0.4 is 0 Å². The molecule has 0 spiro atoms. The fourth-order valence-corrected chi connectivity index (χ4v) is 0.316. The molecule has 0 N–H and O–H groups in total. The van der Waals surface area contributed by atoms with Gasteiger partial charge in [0.15, 0.2) is 0 Å². The SMILES string of the molecule is C=N/C=C(/C)N=NC. The highest BCUT2D eigenvalue weighted by Crippen LogP contribution is 1.92. The molecule has 0 amide bonds. The van der Waals surface area contributed by atoms with E-state index in [0.29, 0.717) is 0 Å². The van der Waals surface area contributed by atoms with Gasteiger partial charge in [0.1, 0.15) is 0 Å². The van der Waals surface area contributed by atoms with Gasteiger partial charge in [0.25, 0.3) is 0 Å². The topological polar surface area (TPSA) is 37.1 Å². The molecule has 0 unspecified atom stereocenters. The van der Waals surface area contributed by atoms with Crippen molar-refractivity contribution in [3.05, 3.63) is 11.9 Å². The Balaban J connectivity index is 3.79. The maximum Gasteiger partial charge on any atom is 0.0777 e. The molecule has 0 aromatic heterocycles. The summed E-state index contributed by atoms with van der Waals surface area (Å²) in [6.45, 7) is 5.06. The minimum absolute atomic E-state index is 0.766. The lowest BCUT2D eigenvalue weighted by Crippen LogP contribution is -1.62. The molecule has 0 saturated heterocycles. The minimum atomic E-state index is 0.766. The first kappa shape index (κ1) is 7.01. The lowest BCUT2D eigenvalue weighted by molar-refractivity contribution is 1.07. The van der Waals surface area contributed by atoms with E-state index in [-0.39, 0.29) is 0 Å². The van der Waals surface area contributed by atoms with Crippen LogP contribution in [0.5, 0.6) is 0 Å². The van der Waals surface area contributed by atoms with E-state index in [4.69, 9.17) is 0 Å². The predicted octanol–water partition coefficient (Wildman–Crippen LogP) is 1.63. The fraction of sp³-hybridized carbons (Fsp3) is 0.400. The second kappa shape index (κ2) is 4.18. The van der Waals surface area contributed by atoms with Gasteiger partial charge in [-0.1, -0.05) is 0 Å². The molecule has 8 heavy (non-hydrogen) atoms. The maximum atomic E-state index is 3.67. The van der Waals surface area contributed by atoms with Crippen molar-refractivity contribution >= 4 is 6.72 Å². The zero-order chi connectivity index (χ0) is 6.41. The maximum absolute atomic E-state index is 3.67. The van der Waals surface area contributed by atoms with Crippen LogP contribution in [0.25, 0.3) is 0 Å². The van der Waals surface area contributed by atoms with E-state index in [1.807, 2.05) is 6.92 Å². The van der Waals surface area contributed by atoms with E-state index in [1.54, 1.807) is 13.2 Å². The molecule has 0 rings (SSSR count). The Bertz CT molecular complexity index is 124. The first-order chi connectivity index (χ1) is 3.81. The summed E-state index contributed by atoms with van der Waals surface area (Å²) in [4.78, 5) is 3.49. The largest absolute Gasteiger partial charge is 0.271 e. The number of hydrogen-bond acceptors (Lipinski definition) is 3. The molecule has 0 aliphatic rings. The number of allylic oxidation sites excluding steroid dienone is 1. The van der Waals surface area contributed by atoms with Crippen LogP contribution in [0.1, 0.15) is 6.92 Å². The molecule has 3 heteroatoms. The Labute approximate surface area is 48.9 Å². The Kier molecular flexibility index (Phi) is 3.66. The van der Waals surface area contributed by atoms with Gasteiger partial charge in [-0.05, 0) is 13.6 Å². The van der Waals surface area contributed by atoms with Crippen LogP contribution in [0.15, 0.2) is 27.1 Å². The summed E-state index contributed by atoms with van der Waals surface area (Å²) in [6, 6.07) is 0. The molecule has 0 saturated carbocycles. The molecule has 0 aliphatic carbocycles. The van der Waals surface area contributed by atoms with Gasteiger partial charge in [0.05, 0.1) is 5.70 Å². The average Bonchev–Trinajstić information content (AvgIpc) is 1.68. The molecule has 0 aliphatic heterocycles. The van der Waals surface area contributed by atoms with Crippen LogP contribution >= 0.6 is 0 Å². The standard InChI is InChI=1S/C5H9N3/c1-5(4-6-2)8-7-3/h4H,2H2,1,3H3/b5-4-,8-7?. The van der Waals surface area contributed by atoms with Crippen LogP contribution in [-0.2, 0) is 0 Å². The Morgan fingerprint density at radius 1 is 1.62 bits per heavy atom. The third kappa shape index (κ3) is 3.21. The molecule has 0 fully saturated rings.